The van der Waals surface area contributed by atoms with E-state index in [1.54, 1.807) is 0 Å². The molecule has 0 saturated heterocycles. The highest BCUT2D eigenvalue weighted by Crippen LogP contribution is 2.24. The average Bonchev–Trinajstić information content (AvgIpc) is 2.66. The van der Waals surface area contributed by atoms with Crippen LogP contribution in [0.15, 0.2) is 4.52 Å². The molecule has 0 unspecified atom stereocenters. The molecule has 0 atom stereocenters. The van der Waals surface area contributed by atoms with Crippen molar-refractivity contribution in [3.8, 4) is 0 Å². The number of hydrogen-bond acceptors (Lipinski definition) is 4. The second kappa shape index (κ2) is 6.17. The maximum atomic E-state index is 9.47. The zero-order valence-electron chi connectivity index (χ0n) is 11.3. The van der Waals surface area contributed by atoms with E-state index < -0.39 is 0 Å². The fourth-order valence-electron chi connectivity index (χ4n) is 1.99. The first-order valence-electron chi connectivity index (χ1n) is 6.32. The van der Waals surface area contributed by atoms with Crippen molar-refractivity contribution in [2.45, 2.75) is 47.1 Å². The van der Waals surface area contributed by atoms with Crippen LogP contribution >= 0.6 is 0 Å². The summed E-state index contributed by atoms with van der Waals surface area (Å²) in [6.07, 6.45) is 1.96. The standard InChI is InChI=1S/C13H24N2O2/c1-5-13(6-2,9-16)8-14-7-12-10(3)15-17-11(12)4/h14,16H,5-9H2,1-4H3. The third-order valence-electron chi connectivity index (χ3n) is 3.82. The molecule has 0 aliphatic rings. The topological polar surface area (TPSA) is 58.3 Å². The smallest absolute Gasteiger partial charge is 0.138 e. The quantitative estimate of drug-likeness (QED) is 0.767. The van der Waals surface area contributed by atoms with Crippen molar-refractivity contribution in [1.82, 2.24) is 10.5 Å². The molecule has 4 heteroatoms. The Morgan fingerprint density at radius 1 is 1.29 bits per heavy atom. The second-order valence-electron chi connectivity index (χ2n) is 4.77. The maximum Gasteiger partial charge on any atom is 0.138 e. The minimum atomic E-state index is -0.00102. The van der Waals surface area contributed by atoms with Gasteiger partial charge in [0, 0.05) is 30.7 Å². The summed E-state index contributed by atoms with van der Waals surface area (Å²) in [6.45, 7) is 9.93. The Hall–Kier alpha value is -0.870. The molecule has 2 N–H and O–H groups in total. The number of aromatic nitrogens is 1. The molecule has 17 heavy (non-hydrogen) atoms. The van der Waals surface area contributed by atoms with Crippen molar-refractivity contribution >= 4 is 0 Å². The van der Waals surface area contributed by atoms with Crippen LogP contribution in [0.1, 0.15) is 43.7 Å². The predicted octanol–water partition coefficient (Wildman–Crippen LogP) is 2.18. The Kier molecular flexibility index (Phi) is 5.15. The molecule has 98 valence electrons. The van der Waals surface area contributed by atoms with E-state index in [2.05, 4.69) is 24.3 Å². The lowest BCUT2D eigenvalue weighted by atomic mass is 9.83. The fourth-order valence-corrected chi connectivity index (χ4v) is 1.99. The molecule has 1 rings (SSSR count). The van der Waals surface area contributed by atoms with Crippen molar-refractivity contribution in [3.63, 3.8) is 0 Å². The third-order valence-corrected chi connectivity index (χ3v) is 3.82. The van der Waals surface area contributed by atoms with E-state index >= 15 is 0 Å². The van der Waals surface area contributed by atoms with Gasteiger partial charge in [-0.25, -0.2) is 0 Å². The first-order chi connectivity index (χ1) is 8.08. The van der Waals surface area contributed by atoms with Gasteiger partial charge in [0.2, 0.25) is 0 Å². The van der Waals surface area contributed by atoms with Crippen molar-refractivity contribution in [2.24, 2.45) is 5.41 Å². The highest BCUT2D eigenvalue weighted by Gasteiger charge is 2.24. The predicted molar refractivity (Wildman–Crippen MR) is 67.8 cm³/mol. The lowest BCUT2D eigenvalue weighted by Gasteiger charge is -2.29. The van der Waals surface area contributed by atoms with E-state index in [-0.39, 0.29) is 12.0 Å². The Morgan fingerprint density at radius 3 is 2.35 bits per heavy atom. The molecule has 0 fully saturated rings. The summed E-state index contributed by atoms with van der Waals surface area (Å²) < 4.78 is 5.12. The van der Waals surface area contributed by atoms with Gasteiger partial charge in [-0.3, -0.25) is 0 Å². The number of rotatable bonds is 7. The minimum absolute atomic E-state index is 0.00102. The van der Waals surface area contributed by atoms with Gasteiger partial charge >= 0.3 is 0 Å². The molecule has 1 heterocycles. The largest absolute Gasteiger partial charge is 0.396 e. The van der Waals surface area contributed by atoms with Gasteiger partial charge in [-0.05, 0) is 26.7 Å². The summed E-state index contributed by atoms with van der Waals surface area (Å²) in [5.41, 5.74) is 2.07. The average molecular weight is 240 g/mol. The molecule has 0 amide bonds. The molecule has 0 bridgehead atoms. The summed E-state index contributed by atoms with van der Waals surface area (Å²) in [6, 6.07) is 0. The summed E-state index contributed by atoms with van der Waals surface area (Å²) in [5.74, 6) is 0.873. The Balaban J connectivity index is 2.52. The summed E-state index contributed by atoms with van der Waals surface area (Å²) in [4.78, 5) is 0. The number of nitrogens with zero attached hydrogens (tertiary/aromatic N) is 1. The number of hydrogen-bond donors (Lipinski definition) is 2. The molecule has 4 nitrogen and oxygen atoms in total. The molecule has 0 spiro atoms. The highest BCUT2D eigenvalue weighted by molar-refractivity contribution is 5.20. The van der Waals surface area contributed by atoms with E-state index in [0.717, 1.165) is 42.9 Å². The van der Waals surface area contributed by atoms with Crippen molar-refractivity contribution in [1.29, 1.82) is 0 Å². The van der Waals surface area contributed by atoms with Crippen LogP contribution in [0, 0.1) is 19.3 Å². The van der Waals surface area contributed by atoms with Crippen LogP contribution in [-0.2, 0) is 6.54 Å². The van der Waals surface area contributed by atoms with Gasteiger partial charge < -0.3 is 14.9 Å². The summed E-state index contributed by atoms with van der Waals surface area (Å²) >= 11 is 0. The van der Waals surface area contributed by atoms with Crippen LogP contribution < -0.4 is 5.32 Å². The van der Waals surface area contributed by atoms with E-state index in [0.29, 0.717) is 0 Å². The van der Waals surface area contributed by atoms with Crippen LogP contribution in [0.4, 0.5) is 0 Å². The monoisotopic (exact) mass is 240 g/mol. The van der Waals surface area contributed by atoms with Crippen LogP contribution in [0.5, 0.6) is 0 Å². The zero-order chi connectivity index (χ0) is 12.9. The Labute approximate surface area is 103 Å². The summed E-state index contributed by atoms with van der Waals surface area (Å²) in [7, 11) is 0. The van der Waals surface area contributed by atoms with Gasteiger partial charge in [-0.1, -0.05) is 19.0 Å². The Morgan fingerprint density at radius 2 is 1.94 bits per heavy atom. The van der Waals surface area contributed by atoms with Crippen LogP contribution in [-0.4, -0.2) is 23.4 Å². The molecule has 0 aliphatic heterocycles. The first-order valence-corrected chi connectivity index (χ1v) is 6.32. The van der Waals surface area contributed by atoms with Gasteiger partial charge in [-0.2, -0.15) is 0 Å². The van der Waals surface area contributed by atoms with Gasteiger partial charge in [0.15, 0.2) is 0 Å². The Bertz CT molecular complexity index is 315. The third kappa shape index (κ3) is 3.30. The van der Waals surface area contributed by atoms with Crippen molar-refractivity contribution in [2.75, 3.05) is 13.2 Å². The molecule has 0 saturated carbocycles. The SMILES string of the molecule is CCC(CC)(CO)CNCc1c(C)noc1C. The van der Waals surface area contributed by atoms with Gasteiger partial charge in [0.05, 0.1) is 5.69 Å². The highest BCUT2D eigenvalue weighted by atomic mass is 16.5. The first kappa shape index (κ1) is 14.2. The lowest BCUT2D eigenvalue weighted by molar-refractivity contribution is 0.113. The van der Waals surface area contributed by atoms with Gasteiger partial charge in [0.25, 0.3) is 0 Å². The number of aliphatic hydroxyl groups excluding tert-OH is 1. The maximum absolute atomic E-state index is 9.47. The van der Waals surface area contributed by atoms with E-state index in [4.69, 9.17) is 4.52 Å². The second-order valence-corrected chi connectivity index (χ2v) is 4.77. The number of aliphatic hydroxyl groups is 1. The normalized spacial score (nSPS) is 12.1. The van der Waals surface area contributed by atoms with E-state index in [1.165, 1.54) is 0 Å². The van der Waals surface area contributed by atoms with Crippen molar-refractivity contribution in [3.05, 3.63) is 17.0 Å². The fraction of sp³-hybridized carbons (Fsp3) is 0.769. The van der Waals surface area contributed by atoms with Crippen LogP contribution in [0.2, 0.25) is 0 Å². The van der Waals surface area contributed by atoms with Gasteiger partial charge in [-0.15, -0.1) is 0 Å². The van der Waals surface area contributed by atoms with E-state index in [9.17, 15) is 5.11 Å². The molecule has 1 aromatic heterocycles. The van der Waals surface area contributed by atoms with Crippen LogP contribution in [0.25, 0.3) is 0 Å². The molecular weight excluding hydrogens is 216 g/mol. The minimum Gasteiger partial charge on any atom is -0.396 e. The molecule has 1 aromatic rings. The lowest BCUT2D eigenvalue weighted by Crippen LogP contribution is -2.36. The molecule has 0 aromatic carbocycles. The van der Waals surface area contributed by atoms with E-state index in [1.807, 2.05) is 13.8 Å². The molecule has 0 aliphatic carbocycles. The molecule has 0 radical (unpaired) electrons. The number of nitrogens with one attached hydrogen (secondary N) is 1. The van der Waals surface area contributed by atoms with Crippen molar-refractivity contribution < 1.29 is 9.63 Å². The van der Waals surface area contributed by atoms with Gasteiger partial charge in [0.1, 0.15) is 5.76 Å². The van der Waals surface area contributed by atoms with Crippen LogP contribution in [0.3, 0.4) is 0 Å². The molecular formula is C13H24N2O2. The number of aryl methyl sites for hydroxylation is 2. The summed E-state index contributed by atoms with van der Waals surface area (Å²) in [5, 5.41) is 16.8. The zero-order valence-corrected chi connectivity index (χ0v) is 11.3.